The standard InChI is InChI=1S/C28H39N5O9/c29-13-20-23(36)24(37)26(41-20)42-21(19-12-18(34)25(40-19)33-11-10-22(35)32-28(33)39)14-30-27(38)31-17-8-6-16(7-9-17)15-4-2-1-3-5-15/h6-11,15,18-21,23-26,34,36-37H,1-5,12-14,29H2,(H2,30,31,38)(H,32,35,39)/t18-,19+,20-,21+,23-,24-,25-,26+/m1/s1. The number of H-pyrrole nitrogens is 1. The molecule has 8 atom stereocenters. The van der Waals surface area contributed by atoms with E-state index in [-0.39, 0.29) is 19.5 Å². The number of aromatic nitrogens is 2. The highest BCUT2D eigenvalue weighted by atomic mass is 16.7. The number of carbonyl (C=O) groups excluding carboxylic acids is 1. The lowest BCUT2D eigenvalue weighted by Crippen LogP contribution is -2.46. The quantitative estimate of drug-likeness (QED) is 0.205. The van der Waals surface area contributed by atoms with E-state index in [0.717, 1.165) is 10.6 Å². The largest absolute Gasteiger partial charge is 0.388 e. The van der Waals surface area contributed by atoms with Crippen LogP contribution in [0.5, 0.6) is 0 Å². The molecule has 0 spiro atoms. The highest BCUT2D eigenvalue weighted by Crippen LogP contribution is 2.34. The van der Waals surface area contributed by atoms with Gasteiger partial charge in [-0.1, -0.05) is 31.4 Å². The SMILES string of the molecule is NC[C@H]1O[C@@H](O[C@@H](CNC(=O)Nc2ccc(C3CCCCC3)cc2)[C@@H]2C[C@@H](O)[C@H](n3ccc(=O)[nH]c3=O)O2)[C@H](O)[C@@H]1O. The zero-order chi connectivity index (χ0) is 29.8. The molecule has 42 heavy (non-hydrogen) atoms. The number of hydrogen-bond acceptors (Lipinski definition) is 10. The van der Waals surface area contributed by atoms with Gasteiger partial charge in [0, 0.05) is 37.5 Å². The number of aromatic amines is 1. The summed E-state index contributed by atoms with van der Waals surface area (Å²) >= 11 is 0. The van der Waals surface area contributed by atoms with E-state index >= 15 is 0 Å². The first kappa shape index (κ1) is 30.4. The van der Waals surface area contributed by atoms with Gasteiger partial charge in [-0.05, 0) is 36.5 Å². The van der Waals surface area contributed by atoms with E-state index in [9.17, 15) is 29.7 Å². The number of nitrogens with two attached hydrogens (primary N) is 1. The number of amides is 2. The van der Waals surface area contributed by atoms with Crippen LogP contribution in [0, 0.1) is 0 Å². The van der Waals surface area contributed by atoms with Crippen molar-refractivity contribution in [3.63, 3.8) is 0 Å². The lowest BCUT2D eigenvalue weighted by Gasteiger charge is -2.28. The predicted molar refractivity (Wildman–Crippen MR) is 150 cm³/mol. The number of urea groups is 1. The minimum absolute atomic E-state index is 0.00147. The number of ether oxygens (including phenoxy) is 3. The summed E-state index contributed by atoms with van der Waals surface area (Å²) in [5.74, 6) is 0.544. The molecular formula is C28H39N5O9. The average Bonchev–Trinajstić information content (AvgIpc) is 3.50. The zero-order valence-corrected chi connectivity index (χ0v) is 23.1. The van der Waals surface area contributed by atoms with Crippen molar-refractivity contribution in [2.24, 2.45) is 5.73 Å². The van der Waals surface area contributed by atoms with Crippen LogP contribution < -0.4 is 27.6 Å². The van der Waals surface area contributed by atoms with Crippen LogP contribution in [0.3, 0.4) is 0 Å². The number of anilines is 1. The molecule has 0 unspecified atom stereocenters. The van der Waals surface area contributed by atoms with Crippen LogP contribution in [0.15, 0.2) is 46.1 Å². The molecule has 1 aromatic heterocycles. The lowest BCUT2D eigenvalue weighted by atomic mass is 9.84. The van der Waals surface area contributed by atoms with Gasteiger partial charge in [-0.3, -0.25) is 14.3 Å². The Kier molecular flexibility index (Phi) is 9.73. The van der Waals surface area contributed by atoms with Gasteiger partial charge in [-0.2, -0.15) is 0 Å². The van der Waals surface area contributed by atoms with Crippen molar-refractivity contribution in [2.75, 3.05) is 18.4 Å². The maximum atomic E-state index is 12.8. The second-order valence-electron chi connectivity index (χ2n) is 11.1. The maximum absolute atomic E-state index is 12.8. The first-order chi connectivity index (χ1) is 20.2. The third-order valence-electron chi connectivity index (χ3n) is 8.23. The van der Waals surface area contributed by atoms with Crippen molar-refractivity contribution in [1.82, 2.24) is 14.9 Å². The van der Waals surface area contributed by atoms with E-state index in [0.29, 0.717) is 11.6 Å². The number of hydrogen-bond donors (Lipinski definition) is 7. The third-order valence-corrected chi connectivity index (χ3v) is 8.23. The van der Waals surface area contributed by atoms with Gasteiger partial charge in [0.2, 0.25) is 0 Å². The van der Waals surface area contributed by atoms with Gasteiger partial charge in [0.1, 0.15) is 30.5 Å². The zero-order valence-electron chi connectivity index (χ0n) is 23.1. The Morgan fingerprint density at radius 3 is 2.48 bits per heavy atom. The first-order valence-electron chi connectivity index (χ1n) is 14.4. The number of carbonyl (C=O) groups is 1. The van der Waals surface area contributed by atoms with Crippen LogP contribution in [0.1, 0.15) is 56.2 Å². The summed E-state index contributed by atoms with van der Waals surface area (Å²) in [4.78, 5) is 38.7. The van der Waals surface area contributed by atoms with Crippen LogP contribution in [-0.2, 0) is 14.2 Å². The number of benzene rings is 1. The molecule has 14 nitrogen and oxygen atoms in total. The summed E-state index contributed by atoms with van der Waals surface area (Å²) in [7, 11) is 0. The summed E-state index contributed by atoms with van der Waals surface area (Å²) in [5, 5.41) is 36.9. The second kappa shape index (κ2) is 13.5. The molecule has 1 aliphatic carbocycles. The van der Waals surface area contributed by atoms with Crippen molar-refractivity contribution in [3.8, 4) is 0 Å². The van der Waals surface area contributed by atoms with Gasteiger partial charge in [0.05, 0.1) is 6.10 Å². The molecule has 3 heterocycles. The number of aliphatic hydroxyl groups excluding tert-OH is 3. The monoisotopic (exact) mass is 589 g/mol. The van der Waals surface area contributed by atoms with Crippen molar-refractivity contribution >= 4 is 11.7 Å². The molecule has 2 aromatic rings. The maximum Gasteiger partial charge on any atom is 0.330 e. The number of nitrogens with one attached hydrogen (secondary N) is 3. The van der Waals surface area contributed by atoms with E-state index in [1.165, 1.54) is 43.9 Å². The highest BCUT2D eigenvalue weighted by molar-refractivity contribution is 5.89. The van der Waals surface area contributed by atoms with E-state index in [1.54, 1.807) is 0 Å². The fourth-order valence-corrected chi connectivity index (χ4v) is 5.90. The summed E-state index contributed by atoms with van der Waals surface area (Å²) in [6.45, 7) is -0.189. The van der Waals surface area contributed by atoms with Gasteiger partial charge in [0.25, 0.3) is 5.56 Å². The molecule has 3 aliphatic rings. The molecule has 8 N–H and O–H groups in total. The Bertz CT molecular complexity index is 1310. The normalized spacial score (nSPS) is 30.7. The summed E-state index contributed by atoms with van der Waals surface area (Å²) in [6.07, 6.45) is -1.69. The van der Waals surface area contributed by atoms with E-state index in [4.69, 9.17) is 19.9 Å². The molecule has 0 bridgehead atoms. The molecule has 3 fully saturated rings. The minimum atomic E-state index is -1.42. The predicted octanol–water partition coefficient (Wildman–Crippen LogP) is -0.155. The molecule has 1 saturated carbocycles. The molecule has 2 amide bonds. The average molecular weight is 590 g/mol. The second-order valence-corrected chi connectivity index (χ2v) is 11.1. The molecule has 5 rings (SSSR count). The van der Waals surface area contributed by atoms with Crippen molar-refractivity contribution < 1.29 is 34.3 Å². The Hall–Kier alpha value is -3.11. The molecular weight excluding hydrogens is 550 g/mol. The van der Waals surface area contributed by atoms with Crippen LogP contribution in [0.4, 0.5) is 10.5 Å². The third kappa shape index (κ3) is 6.92. The molecule has 2 aliphatic heterocycles. The van der Waals surface area contributed by atoms with Crippen molar-refractivity contribution in [3.05, 3.63) is 62.9 Å². The number of rotatable bonds is 9. The molecule has 230 valence electrons. The van der Waals surface area contributed by atoms with E-state index in [2.05, 4.69) is 15.6 Å². The molecule has 1 aromatic carbocycles. The summed E-state index contributed by atoms with van der Waals surface area (Å²) in [6, 6.07) is 8.39. The van der Waals surface area contributed by atoms with Gasteiger partial charge in [0.15, 0.2) is 12.5 Å². The van der Waals surface area contributed by atoms with Gasteiger partial charge in [-0.15, -0.1) is 0 Å². The molecule has 14 heteroatoms. The van der Waals surface area contributed by atoms with Crippen LogP contribution >= 0.6 is 0 Å². The van der Waals surface area contributed by atoms with E-state index in [1.807, 2.05) is 24.3 Å². The molecule has 2 saturated heterocycles. The summed E-state index contributed by atoms with van der Waals surface area (Å²) in [5.41, 5.74) is 6.13. The Morgan fingerprint density at radius 1 is 1.07 bits per heavy atom. The highest BCUT2D eigenvalue weighted by Gasteiger charge is 2.47. The first-order valence-corrected chi connectivity index (χ1v) is 14.4. The van der Waals surface area contributed by atoms with E-state index < -0.39 is 66.4 Å². The van der Waals surface area contributed by atoms with Crippen LogP contribution in [0.2, 0.25) is 0 Å². The van der Waals surface area contributed by atoms with Gasteiger partial charge < -0.3 is 45.9 Å². The van der Waals surface area contributed by atoms with Crippen molar-refractivity contribution in [2.45, 2.75) is 93.6 Å². The summed E-state index contributed by atoms with van der Waals surface area (Å²) < 4.78 is 18.5. The van der Waals surface area contributed by atoms with Gasteiger partial charge in [-0.25, -0.2) is 9.59 Å². The van der Waals surface area contributed by atoms with Gasteiger partial charge >= 0.3 is 11.7 Å². The lowest BCUT2D eigenvalue weighted by molar-refractivity contribution is -0.212. The fraction of sp³-hybridized carbons (Fsp3) is 0.607. The Labute approximate surface area is 241 Å². The minimum Gasteiger partial charge on any atom is -0.388 e. The molecule has 0 radical (unpaired) electrons. The van der Waals surface area contributed by atoms with Crippen molar-refractivity contribution in [1.29, 1.82) is 0 Å². The Morgan fingerprint density at radius 2 is 1.81 bits per heavy atom. The number of nitrogens with zero attached hydrogens (tertiary/aromatic N) is 1. The smallest absolute Gasteiger partial charge is 0.330 e. The topological polar surface area (TPSA) is 210 Å². The fourth-order valence-electron chi connectivity index (χ4n) is 5.90. The Balaban J connectivity index is 1.25. The number of aliphatic hydroxyl groups is 3. The van der Waals surface area contributed by atoms with Crippen LogP contribution in [-0.4, -0.2) is 86.9 Å². The van der Waals surface area contributed by atoms with Crippen LogP contribution in [0.25, 0.3) is 0 Å².